The SMILES string of the molecule is CCCNCc1nc2c([nH]1)CC(c1ccccc1)CC2. The monoisotopic (exact) mass is 269 g/mol. The van der Waals surface area contributed by atoms with Gasteiger partial charge in [-0.1, -0.05) is 37.3 Å². The Hall–Kier alpha value is -1.61. The number of aromatic nitrogens is 2. The minimum Gasteiger partial charge on any atom is -0.345 e. The molecule has 0 fully saturated rings. The van der Waals surface area contributed by atoms with E-state index in [0.717, 1.165) is 38.2 Å². The molecule has 1 aromatic heterocycles. The summed E-state index contributed by atoms with van der Waals surface area (Å²) in [5, 5.41) is 3.41. The van der Waals surface area contributed by atoms with Crippen LogP contribution in [0.25, 0.3) is 0 Å². The lowest BCUT2D eigenvalue weighted by Crippen LogP contribution is -2.14. The molecule has 3 rings (SSSR count). The zero-order chi connectivity index (χ0) is 13.8. The van der Waals surface area contributed by atoms with Gasteiger partial charge in [-0.3, -0.25) is 0 Å². The van der Waals surface area contributed by atoms with Crippen LogP contribution in [0.1, 0.15) is 48.5 Å². The molecule has 1 heterocycles. The van der Waals surface area contributed by atoms with Crippen molar-refractivity contribution in [2.75, 3.05) is 6.54 Å². The number of aryl methyl sites for hydroxylation is 1. The van der Waals surface area contributed by atoms with Gasteiger partial charge in [-0.05, 0) is 43.7 Å². The highest BCUT2D eigenvalue weighted by molar-refractivity contribution is 5.27. The largest absolute Gasteiger partial charge is 0.345 e. The van der Waals surface area contributed by atoms with E-state index in [9.17, 15) is 0 Å². The molecule has 1 aliphatic carbocycles. The summed E-state index contributed by atoms with van der Waals surface area (Å²) in [4.78, 5) is 8.25. The van der Waals surface area contributed by atoms with E-state index >= 15 is 0 Å². The number of imidazole rings is 1. The summed E-state index contributed by atoms with van der Waals surface area (Å²) in [5.41, 5.74) is 4.09. The van der Waals surface area contributed by atoms with Gasteiger partial charge < -0.3 is 10.3 Å². The van der Waals surface area contributed by atoms with Crippen molar-refractivity contribution >= 4 is 0 Å². The molecule has 2 N–H and O–H groups in total. The molecule has 0 amide bonds. The van der Waals surface area contributed by atoms with Crippen LogP contribution in [0.5, 0.6) is 0 Å². The van der Waals surface area contributed by atoms with E-state index in [0.29, 0.717) is 5.92 Å². The van der Waals surface area contributed by atoms with Gasteiger partial charge in [0.25, 0.3) is 0 Å². The van der Waals surface area contributed by atoms with Gasteiger partial charge in [0.15, 0.2) is 0 Å². The van der Waals surface area contributed by atoms with Gasteiger partial charge in [-0.15, -0.1) is 0 Å². The van der Waals surface area contributed by atoms with Crippen LogP contribution < -0.4 is 5.32 Å². The molecular weight excluding hydrogens is 246 g/mol. The Bertz CT molecular complexity index is 545. The Balaban J connectivity index is 1.68. The van der Waals surface area contributed by atoms with E-state index in [1.165, 1.54) is 23.4 Å². The first-order valence-corrected chi connectivity index (χ1v) is 7.69. The maximum absolute atomic E-state index is 4.73. The van der Waals surface area contributed by atoms with Crippen molar-refractivity contribution in [3.63, 3.8) is 0 Å². The number of nitrogens with zero attached hydrogens (tertiary/aromatic N) is 1. The summed E-state index contributed by atoms with van der Waals surface area (Å²) in [5.74, 6) is 1.73. The van der Waals surface area contributed by atoms with Crippen molar-refractivity contribution in [1.82, 2.24) is 15.3 Å². The number of hydrogen-bond acceptors (Lipinski definition) is 2. The van der Waals surface area contributed by atoms with Crippen LogP contribution in [0.4, 0.5) is 0 Å². The Labute approximate surface area is 120 Å². The van der Waals surface area contributed by atoms with E-state index < -0.39 is 0 Å². The van der Waals surface area contributed by atoms with Gasteiger partial charge >= 0.3 is 0 Å². The fraction of sp³-hybridized carbons (Fsp3) is 0.471. The van der Waals surface area contributed by atoms with E-state index in [4.69, 9.17) is 4.98 Å². The third kappa shape index (κ3) is 2.93. The topological polar surface area (TPSA) is 40.7 Å². The molecule has 0 saturated heterocycles. The fourth-order valence-electron chi connectivity index (χ4n) is 3.02. The third-order valence-corrected chi connectivity index (χ3v) is 4.08. The van der Waals surface area contributed by atoms with E-state index in [1.54, 1.807) is 0 Å². The van der Waals surface area contributed by atoms with Crippen molar-refractivity contribution < 1.29 is 0 Å². The van der Waals surface area contributed by atoms with E-state index in [2.05, 4.69) is 47.6 Å². The summed E-state index contributed by atoms with van der Waals surface area (Å²) < 4.78 is 0. The Morgan fingerprint density at radius 3 is 2.95 bits per heavy atom. The van der Waals surface area contributed by atoms with Crippen LogP contribution >= 0.6 is 0 Å². The van der Waals surface area contributed by atoms with E-state index in [1.807, 2.05) is 0 Å². The first-order valence-electron chi connectivity index (χ1n) is 7.69. The zero-order valence-corrected chi connectivity index (χ0v) is 12.2. The molecule has 0 aliphatic heterocycles. The molecule has 0 bridgehead atoms. The molecule has 1 unspecified atom stereocenters. The maximum atomic E-state index is 4.73. The molecule has 106 valence electrons. The van der Waals surface area contributed by atoms with E-state index in [-0.39, 0.29) is 0 Å². The maximum Gasteiger partial charge on any atom is 0.120 e. The number of rotatable bonds is 5. The lowest BCUT2D eigenvalue weighted by Gasteiger charge is -2.21. The number of hydrogen-bond donors (Lipinski definition) is 2. The second kappa shape index (κ2) is 6.23. The summed E-state index contributed by atoms with van der Waals surface area (Å²) in [6.07, 6.45) is 4.57. The fourth-order valence-corrected chi connectivity index (χ4v) is 3.02. The standard InChI is InChI=1S/C17H23N3/c1-2-10-18-12-17-19-15-9-8-14(11-16(15)20-17)13-6-4-3-5-7-13/h3-7,14,18H,2,8-12H2,1H3,(H,19,20). The average Bonchev–Trinajstić information content (AvgIpc) is 2.90. The van der Waals surface area contributed by atoms with Crippen molar-refractivity contribution in [3.8, 4) is 0 Å². The second-order valence-corrected chi connectivity index (χ2v) is 5.64. The molecule has 3 nitrogen and oxygen atoms in total. The molecule has 0 saturated carbocycles. The lowest BCUT2D eigenvalue weighted by atomic mass is 9.85. The summed E-state index contributed by atoms with van der Waals surface area (Å²) in [6.45, 7) is 4.10. The first-order chi connectivity index (χ1) is 9.86. The lowest BCUT2D eigenvalue weighted by molar-refractivity contribution is 0.572. The van der Waals surface area contributed by atoms with Crippen LogP contribution in [0.2, 0.25) is 0 Å². The molecule has 0 spiro atoms. The molecule has 1 aromatic carbocycles. The highest BCUT2D eigenvalue weighted by Gasteiger charge is 2.22. The van der Waals surface area contributed by atoms with Gasteiger partial charge in [0.05, 0.1) is 12.2 Å². The molecular formula is C17H23N3. The molecule has 3 heteroatoms. The van der Waals surface area contributed by atoms with Crippen molar-refractivity contribution in [2.45, 2.75) is 45.1 Å². The predicted molar refractivity (Wildman–Crippen MR) is 81.8 cm³/mol. The number of H-pyrrole nitrogens is 1. The number of benzene rings is 1. The predicted octanol–water partition coefficient (Wildman–Crippen LogP) is 3.18. The number of aromatic amines is 1. The molecule has 1 atom stereocenters. The van der Waals surface area contributed by atoms with Crippen LogP contribution in [0.15, 0.2) is 30.3 Å². The van der Waals surface area contributed by atoms with Gasteiger partial charge in [0, 0.05) is 5.69 Å². The number of nitrogens with one attached hydrogen (secondary N) is 2. The Morgan fingerprint density at radius 1 is 1.30 bits per heavy atom. The van der Waals surface area contributed by atoms with Gasteiger partial charge in [0.1, 0.15) is 5.82 Å². The average molecular weight is 269 g/mol. The quantitative estimate of drug-likeness (QED) is 0.818. The molecule has 20 heavy (non-hydrogen) atoms. The highest BCUT2D eigenvalue weighted by atomic mass is 15.0. The van der Waals surface area contributed by atoms with Crippen LogP contribution in [0, 0.1) is 0 Å². The first kappa shape index (κ1) is 13.4. The Kier molecular flexibility index (Phi) is 4.16. The van der Waals surface area contributed by atoms with Crippen molar-refractivity contribution in [1.29, 1.82) is 0 Å². The van der Waals surface area contributed by atoms with Gasteiger partial charge in [-0.2, -0.15) is 0 Å². The Morgan fingerprint density at radius 2 is 2.15 bits per heavy atom. The van der Waals surface area contributed by atoms with Crippen molar-refractivity contribution in [3.05, 3.63) is 53.1 Å². The smallest absolute Gasteiger partial charge is 0.120 e. The van der Waals surface area contributed by atoms with Crippen LogP contribution in [0.3, 0.4) is 0 Å². The van der Waals surface area contributed by atoms with Crippen LogP contribution in [-0.4, -0.2) is 16.5 Å². The number of fused-ring (bicyclic) bond motifs is 1. The minimum atomic E-state index is 0.639. The summed E-state index contributed by atoms with van der Waals surface area (Å²) in [6, 6.07) is 10.9. The highest BCUT2D eigenvalue weighted by Crippen LogP contribution is 2.31. The normalized spacial score (nSPS) is 17.9. The van der Waals surface area contributed by atoms with Crippen molar-refractivity contribution in [2.24, 2.45) is 0 Å². The molecule has 0 radical (unpaired) electrons. The summed E-state index contributed by atoms with van der Waals surface area (Å²) in [7, 11) is 0. The van der Waals surface area contributed by atoms with Gasteiger partial charge in [0.2, 0.25) is 0 Å². The van der Waals surface area contributed by atoms with Gasteiger partial charge in [-0.25, -0.2) is 4.98 Å². The molecule has 2 aromatic rings. The zero-order valence-electron chi connectivity index (χ0n) is 12.2. The second-order valence-electron chi connectivity index (χ2n) is 5.64. The van der Waals surface area contributed by atoms with Crippen LogP contribution in [-0.2, 0) is 19.4 Å². The minimum absolute atomic E-state index is 0.639. The summed E-state index contributed by atoms with van der Waals surface area (Å²) >= 11 is 0. The molecule has 1 aliphatic rings. The third-order valence-electron chi connectivity index (χ3n) is 4.08.